The fourth-order valence-corrected chi connectivity index (χ4v) is 3.60. The van der Waals surface area contributed by atoms with Crippen LogP contribution in [0.1, 0.15) is 51.9 Å². The minimum Gasteiger partial charge on any atom is -0.311 e. The molecule has 0 saturated heterocycles. The predicted molar refractivity (Wildman–Crippen MR) is 69.5 cm³/mol. The fraction of sp³-hybridized carbons (Fsp3) is 1.00. The summed E-state index contributed by atoms with van der Waals surface area (Å²) in [5.74, 6) is 1.02. The third-order valence-corrected chi connectivity index (χ3v) is 5.23. The van der Waals surface area contributed by atoms with Crippen molar-refractivity contribution in [3.8, 4) is 0 Å². The molecule has 2 aliphatic rings. The highest BCUT2D eigenvalue weighted by molar-refractivity contribution is 7.99. The van der Waals surface area contributed by atoms with Gasteiger partial charge in [0, 0.05) is 17.3 Å². The molecule has 0 aliphatic heterocycles. The van der Waals surface area contributed by atoms with Gasteiger partial charge in [0.2, 0.25) is 0 Å². The van der Waals surface area contributed by atoms with E-state index in [4.69, 9.17) is 0 Å². The summed E-state index contributed by atoms with van der Waals surface area (Å²) in [5.41, 5.74) is 0. The van der Waals surface area contributed by atoms with Crippen LogP contribution < -0.4 is 5.32 Å². The third kappa shape index (κ3) is 3.39. The Kier molecular flexibility index (Phi) is 4.39. The minimum atomic E-state index is 0.832. The van der Waals surface area contributed by atoms with Gasteiger partial charge in [0.05, 0.1) is 0 Å². The highest BCUT2D eigenvalue weighted by Crippen LogP contribution is 2.35. The molecule has 2 heteroatoms. The topological polar surface area (TPSA) is 12.0 Å². The average molecular weight is 227 g/mol. The van der Waals surface area contributed by atoms with Gasteiger partial charge >= 0.3 is 0 Å². The normalized spacial score (nSPS) is 34.0. The van der Waals surface area contributed by atoms with Gasteiger partial charge in [0.15, 0.2) is 0 Å². The lowest BCUT2D eigenvalue weighted by atomic mass is 9.93. The second-order valence-corrected chi connectivity index (χ2v) is 6.37. The Hall–Kier alpha value is 0.310. The molecular formula is C13H25NS. The molecule has 0 aromatic carbocycles. The molecule has 1 atom stereocenters. The zero-order valence-corrected chi connectivity index (χ0v) is 11.0. The van der Waals surface area contributed by atoms with Crippen LogP contribution in [0.5, 0.6) is 0 Å². The maximum absolute atomic E-state index is 3.90. The standard InChI is InChI=1S/C13H25NS/c1-3-13(10-4-5-10)14-11-6-8-12(15-2)9-7-11/h10-14H,3-9H2,1-2H3. The number of thioether (sulfide) groups is 1. The molecular weight excluding hydrogens is 202 g/mol. The maximum atomic E-state index is 3.90. The summed E-state index contributed by atoms with van der Waals surface area (Å²) < 4.78 is 0. The Labute approximate surface area is 98.8 Å². The molecule has 1 nitrogen and oxygen atoms in total. The molecule has 0 aromatic heterocycles. The van der Waals surface area contributed by atoms with E-state index in [1.165, 1.54) is 44.9 Å². The van der Waals surface area contributed by atoms with Crippen molar-refractivity contribution in [2.75, 3.05) is 6.26 Å². The molecule has 1 unspecified atom stereocenters. The van der Waals surface area contributed by atoms with Gasteiger partial charge in [0.25, 0.3) is 0 Å². The van der Waals surface area contributed by atoms with Crippen molar-refractivity contribution < 1.29 is 0 Å². The first-order chi connectivity index (χ1) is 7.33. The van der Waals surface area contributed by atoms with Gasteiger partial charge in [0.1, 0.15) is 0 Å². The highest BCUT2D eigenvalue weighted by atomic mass is 32.2. The van der Waals surface area contributed by atoms with E-state index in [1.807, 2.05) is 0 Å². The van der Waals surface area contributed by atoms with Gasteiger partial charge in [-0.15, -0.1) is 0 Å². The van der Waals surface area contributed by atoms with Crippen LogP contribution in [0.2, 0.25) is 0 Å². The monoisotopic (exact) mass is 227 g/mol. The summed E-state index contributed by atoms with van der Waals surface area (Å²) in [6.07, 6.45) is 12.2. The number of hydrogen-bond donors (Lipinski definition) is 1. The van der Waals surface area contributed by atoms with Crippen LogP contribution in [0.4, 0.5) is 0 Å². The number of nitrogens with one attached hydrogen (secondary N) is 1. The second-order valence-electron chi connectivity index (χ2n) is 5.23. The second kappa shape index (κ2) is 5.58. The summed E-state index contributed by atoms with van der Waals surface area (Å²) in [7, 11) is 0. The Morgan fingerprint density at radius 1 is 1.13 bits per heavy atom. The van der Waals surface area contributed by atoms with Gasteiger partial charge < -0.3 is 5.32 Å². The lowest BCUT2D eigenvalue weighted by molar-refractivity contribution is 0.319. The summed E-state index contributed by atoms with van der Waals surface area (Å²) in [4.78, 5) is 0. The number of hydrogen-bond acceptors (Lipinski definition) is 2. The number of rotatable bonds is 5. The average Bonchev–Trinajstić information content (AvgIpc) is 3.10. The zero-order valence-electron chi connectivity index (χ0n) is 10.2. The van der Waals surface area contributed by atoms with Crippen LogP contribution in [0, 0.1) is 5.92 Å². The van der Waals surface area contributed by atoms with Crippen molar-refractivity contribution >= 4 is 11.8 Å². The first kappa shape index (κ1) is 11.8. The molecule has 2 saturated carbocycles. The summed E-state index contributed by atoms with van der Waals surface area (Å²) in [6, 6.07) is 1.67. The highest BCUT2D eigenvalue weighted by Gasteiger charge is 2.32. The van der Waals surface area contributed by atoms with E-state index in [2.05, 4.69) is 30.3 Å². The van der Waals surface area contributed by atoms with E-state index >= 15 is 0 Å². The molecule has 0 bridgehead atoms. The van der Waals surface area contributed by atoms with Crippen LogP contribution in [0.3, 0.4) is 0 Å². The molecule has 0 radical (unpaired) electrons. The zero-order chi connectivity index (χ0) is 10.7. The molecule has 0 amide bonds. The molecule has 0 spiro atoms. The fourth-order valence-electron chi connectivity index (χ4n) is 2.85. The van der Waals surface area contributed by atoms with Gasteiger partial charge in [-0.1, -0.05) is 6.92 Å². The quantitative estimate of drug-likeness (QED) is 0.772. The van der Waals surface area contributed by atoms with E-state index in [9.17, 15) is 0 Å². The first-order valence-electron chi connectivity index (χ1n) is 6.62. The first-order valence-corrected chi connectivity index (χ1v) is 7.91. The smallest absolute Gasteiger partial charge is 0.00952 e. The van der Waals surface area contributed by atoms with E-state index in [-0.39, 0.29) is 0 Å². The van der Waals surface area contributed by atoms with E-state index in [1.54, 1.807) is 0 Å². The van der Waals surface area contributed by atoms with Crippen molar-refractivity contribution in [1.82, 2.24) is 5.32 Å². The Bertz CT molecular complexity index is 183. The van der Waals surface area contributed by atoms with Gasteiger partial charge in [-0.3, -0.25) is 0 Å². The summed E-state index contributed by atoms with van der Waals surface area (Å²) in [6.45, 7) is 2.34. The van der Waals surface area contributed by atoms with Crippen LogP contribution in [-0.2, 0) is 0 Å². The molecule has 2 fully saturated rings. The minimum absolute atomic E-state index is 0.832. The van der Waals surface area contributed by atoms with Crippen LogP contribution in [0.15, 0.2) is 0 Å². The third-order valence-electron chi connectivity index (χ3n) is 4.09. The SMILES string of the molecule is CCC(NC1CCC(SC)CC1)C1CC1. The lowest BCUT2D eigenvalue weighted by Gasteiger charge is -2.31. The Morgan fingerprint density at radius 3 is 2.27 bits per heavy atom. The predicted octanol–water partition coefficient (Wildman–Crippen LogP) is 3.44. The molecule has 2 rings (SSSR count). The van der Waals surface area contributed by atoms with Crippen molar-refractivity contribution in [3.05, 3.63) is 0 Å². The summed E-state index contributed by atoms with van der Waals surface area (Å²) in [5, 5.41) is 4.85. The van der Waals surface area contributed by atoms with Crippen molar-refractivity contribution in [3.63, 3.8) is 0 Å². The van der Waals surface area contributed by atoms with Gasteiger partial charge in [-0.25, -0.2) is 0 Å². The van der Waals surface area contributed by atoms with Gasteiger partial charge in [-0.05, 0) is 57.1 Å². The maximum Gasteiger partial charge on any atom is 0.00952 e. The van der Waals surface area contributed by atoms with E-state index in [0.29, 0.717) is 0 Å². The van der Waals surface area contributed by atoms with E-state index < -0.39 is 0 Å². The van der Waals surface area contributed by atoms with Crippen molar-refractivity contribution in [2.24, 2.45) is 5.92 Å². The Morgan fingerprint density at radius 2 is 1.80 bits per heavy atom. The molecule has 1 N–H and O–H groups in total. The van der Waals surface area contributed by atoms with Gasteiger partial charge in [-0.2, -0.15) is 11.8 Å². The van der Waals surface area contributed by atoms with Crippen LogP contribution in [0.25, 0.3) is 0 Å². The van der Waals surface area contributed by atoms with Crippen LogP contribution in [-0.4, -0.2) is 23.6 Å². The lowest BCUT2D eigenvalue weighted by Crippen LogP contribution is -2.41. The van der Waals surface area contributed by atoms with Crippen LogP contribution >= 0.6 is 11.8 Å². The van der Waals surface area contributed by atoms with Crippen molar-refractivity contribution in [2.45, 2.75) is 69.2 Å². The molecule has 2 aliphatic carbocycles. The molecule has 15 heavy (non-hydrogen) atoms. The largest absolute Gasteiger partial charge is 0.311 e. The van der Waals surface area contributed by atoms with Crippen molar-refractivity contribution in [1.29, 1.82) is 0 Å². The molecule has 88 valence electrons. The van der Waals surface area contributed by atoms with E-state index in [0.717, 1.165) is 23.3 Å². The Balaban J connectivity index is 1.70. The molecule has 0 aromatic rings. The summed E-state index contributed by atoms with van der Waals surface area (Å²) >= 11 is 2.06. The molecule has 0 heterocycles.